The van der Waals surface area contributed by atoms with Crippen LogP contribution >= 0.6 is 11.3 Å². The fourth-order valence-electron chi connectivity index (χ4n) is 6.20. The summed E-state index contributed by atoms with van der Waals surface area (Å²) in [7, 11) is 0. The third-order valence-electron chi connectivity index (χ3n) is 6.05. The summed E-state index contributed by atoms with van der Waals surface area (Å²) < 4.78 is 0. The smallest absolute Gasteiger partial charge is 0.0524 e. The van der Waals surface area contributed by atoms with Crippen LogP contribution in [0.3, 0.4) is 0 Å². The Kier molecular flexibility index (Phi) is 2.64. The van der Waals surface area contributed by atoms with Gasteiger partial charge in [-0.2, -0.15) is 11.3 Å². The van der Waals surface area contributed by atoms with Crippen LogP contribution in [-0.2, 0) is 0 Å². The van der Waals surface area contributed by atoms with Gasteiger partial charge in [-0.05, 0) is 83.6 Å². The van der Waals surface area contributed by atoms with Gasteiger partial charge in [-0.25, -0.2) is 0 Å². The van der Waals surface area contributed by atoms with E-state index in [0.29, 0.717) is 16.9 Å². The molecule has 5 rings (SSSR count). The van der Waals surface area contributed by atoms with Gasteiger partial charge in [0.25, 0.3) is 0 Å². The molecular formula is C16H24N2S. The van der Waals surface area contributed by atoms with Crippen LogP contribution in [0.4, 0.5) is 0 Å². The van der Waals surface area contributed by atoms with Crippen molar-refractivity contribution in [2.75, 3.05) is 0 Å². The molecule has 3 N–H and O–H groups in total. The van der Waals surface area contributed by atoms with Crippen molar-refractivity contribution in [3.63, 3.8) is 0 Å². The molecule has 1 aromatic rings. The zero-order valence-corrected chi connectivity index (χ0v) is 12.5. The third-order valence-corrected chi connectivity index (χ3v) is 6.76. The Bertz CT molecular complexity index is 453. The molecule has 1 heterocycles. The van der Waals surface area contributed by atoms with Gasteiger partial charge in [0.1, 0.15) is 0 Å². The number of rotatable bonds is 3. The maximum absolute atomic E-state index is 5.98. The fraction of sp³-hybridized carbons (Fsp3) is 0.750. The van der Waals surface area contributed by atoms with Crippen LogP contribution in [0.2, 0.25) is 0 Å². The molecule has 19 heavy (non-hydrogen) atoms. The molecule has 4 saturated carbocycles. The zero-order valence-electron chi connectivity index (χ0n) is 11.7. The number of nitrogens with two attached hydrogens (primary N) is 1. The lowest BCUT2D eigenvalue weighted by Crippen LogP contribution is -2.56. The summed E-state index contributed by atoms with van der Waals surface area (Å²) in [6, 6.07) is 2.62. The van der Waals surface area contributed by atoms with E-state index in [1.54, 1.807) is 11.3 Å². The highest BCUT2D eigenvalue weighted by atomic mass is 32.1. The van der Waals surface area contributed by atoms with E-state index in [9.17, 15) is 0 Å². The second-order valence-corrected chi connectivity index (χ2v) is 8.57. The van der Waals surface area contributed by atoms with Crippen LogP contribution in [-0.4, -0.2) is 0 Å². The lowest BCUT2D eigenvalue weighted by atomic mass is 9.43. The van der Waals surface area contributed by atoms with Crippen molar-refractivity contribution in [2.45, 2.75) is 51.5 Å². The Balaban J connectivity index is 1.73. The van der Waals surface area contributed by atoms with Gasteiger partial charge in [-0.15, -0.1) is 0 Å². The van der Waals surface area contributed by atoms with E-state index in [1.807, 2.05) is 0 Å². The molecule has 4 bridgehead atoms. The van der Waals surface area contributed by atoms with Crippen LogP contribution in [0.1, 0.15) is 57.1 Å². The first-order valence-electron chi connectivity index (χ1n) is 7.61. The summed E-state index contributed by atoms with van der Waals surface area (Å²) in [6.07, 6.45) is 8.57. The molecule has 4 aliphatic carbocycles. The highest BCUT2D eigenvalue weighted by molar-refractivity contribution is 7.07. The first kappa shape index (κ1) is 12.4. The van der Waals surface area contributed by atoms with Crippen LogP contribution in [0.15, 0.2) is 16.8 Å². The number of nitrogens with one attached hydrogen (secondary N) is 1. The van der Waals surface area contributed by atoms with Gasteiger partial charge < -0.3 is 0 Å². The number of hydrogen-bond donors (Lipinski definition) is 2. The van der Waals surface area contributed by atoms with E-state index < -0.39 is 0 Å². The van der Waals surface area contributed by atoms with Crippen molar-refractivity contribution in [1.29, 1.82) is 0 Å². The van der Waals surface area contributed by atoms with Gasteiger partial charge in [0.2, 0.25) is 0 Å². The van der Waals surface area contributed by atoms with E-state index >= 15 is 0 Å². The van der Waals surface area contributed by atoms with E-state index in [2.05, 4.69) is 29.2 Å². The normalized spacial score (nSPS) is 45.6. The molecule has 0 aliphatic heterocycles. The quantitative estimate of drug-likeness (QED) is 0.650. The topological polar surface area (TPSA) is 38.0 Å². The molecule has 3 unspecified atom stereocenters. The average Bonchev–Trinajstić information content (AvgIpc) is 2.79. The van der Waals surface area contributed by atoms with Crippen LogP contribution in [0.25, 0.3) is 0 Å². The van der Waals surface area contributed by atoms with Gasteiger partial charge >= 0.3 is 0 Å². The molecule has 3 heteroatoms. The minimum absolute atomic E-state index is 0.365. The Morgan fingerprint density at radius 2 is 2.05 bits per heavy atom. The first-order valence-corrected chi connectivity index (χ1v) is 8.55. The standard InChI is InChI=1S/C16H24N2S/c1-15-5-11-4-12(6-15)8-16(7-11,10-15)14(18-17)13-2-3-19-9-13/h2-3,9,11-12,14,18H,4-8,10,17H2,1H3. The predicted molar refractivity (Wildman–Crippen MR) is 79.6 cm³/mol. The van der Waals surface area contributed by atoms with E-state index in [0.717, 1.165) is 11.8 Å². The predicted octanol–water partition coefficient (Wildman–Crippen LogP) is 3.86. The summed E-state index contributed by atoms with van der Waals surface area (Å²) >= 11 is 1.79. The number of hydrogen-bond acceptors (Lipinski definition) is 3. The second kappa shape index (κ2) is 4.06. The van der Waals surface area contributed by atoms with Gasteiger partial charge in [0, 0.05) is 0 Å². The SMILES string of the molecule is CC12CC3CC(C1)CC(C(NN)c1ccsc1)(C3)C2. The molecule has 0 aromatic carbocycles. The molecule has 0 radical (unpaired) electrons. The van der Waals surface area contributed by atoms with Crippen molar-refractivity contribution in [3.8, 4) is 0 Å². The minimum Gasteiger partial charge on any atom is -0.271 e. The Hall–Kier alpha value is -0.380. The van der Waals surface area contributed by atoms with Crippen molar-refractivity contribution in [2.24, 2.45) is 28.5 Å². The van der Waals surface area contributed by atoms with Gasteiger partial charge in [0.15, 0.2) is 0 Å². The molecule has 0 saturated heterocycles. The monoisotopic (exact) mass is 276 g/mol. The maximum Gasteiger partial charge on any atom is 0.0524 e. The molecule has 0 amide bonds. The highest BCUT2D eigenvalue weighted by Gasteiger charge is 2.58. The molecule has 104 valence electrons. The fourth-order valence-corrected chi connectivity index (χ4v) is 6.89. The molecule has 4 aliphatic rings. The van der Waals surface area contributed by atoms with Crippen LogP contribution < -0.4 is 11.3 Å². The van der Waals surface area contributed by atoms with Crippen molar-refractivity contribution in [3.05, 3.63) is 22.4 Å². The Labute approximate surface area is 119 Å². The summed E-state index contributed by atoms with van der Waals surface area (Å²) in [6.45, 7) is 2.53. The van der Waals surface area contributed by atoms with Gasteiger partial charge in [0.05, 0.1) is 6.04 Å². The lowest BCUT2D eigenvalue weighted by Gasteiger charge is -2.63. The lowest BCUT2D eigenvalue weighted by molar-refractivity contribution is -0.119. The molecule has 3 atom stereocenters. The van der Waals surface area contributed by atoms with Crippen molar-refractivity contribution >= 4 is 11.3 Å². The number of thiophene rings is 1. The Morgan fingerprint density at radius 3 is 2.58 bits per heavy atom. The van der Waals surface area contributed by atoms with Crippen molar-refractivity contribution < 1.29 is 0 Å². The Morgan fingerprint density at radius 1 is 1.32 bits per heavy atom. The van der Waals surface area contributed by atoms with Crippen LogP contribution in [0.5, 0.6) is 0 Å². The third kappa shape index (κ3) is 1.82. The van der Waals surface area contributed by atoms with Crippen molar-refractivity contribution in [1.82, 2.24) is 5.43 Å². The molecule has 1 aromatic heterocycles. The maximum atomic E-state index is 5.98. The summed E-state index contributed by atoms with van der Waals surface area (Å²) in [5.74, 6) is 7.90. The highest BCUT2D eigenvalue weighted by Crippen LogP contribution is 2.68. The average molecular weight is 276 g/mol. The molecular weight excluding hydrogens is 252 g/mol. The van der Waals surface area contributed by atoms with E-state index in [4.69, 9.17) is 5.84 Å². The first-order chi connectivity index (χ1) is 9.12. The van der Waals surface area contributed by atoms with Gasteiger partial charge in [-0.1, -0.05) is 6.92 Å². The van der Waals surface area contributed by atoms with Gasteiger partial charge in [-0.3, -0.25) is 11.3 Å². The second-order valence-electron chi connectivity index (χ2n) is 7.79. The van der Waals surface area contributed by atoms with E-state index in [-0.39, 0.29) is 0 Å². The zero-order chi connectivity index (χ0) is 13.1. The summed E-state index contributed by atoms with van der Waals surface area (Å²) in [4.78, 5) is 0. The largest absolute Gasteiger partial charge is 0.271 e. The summed E-state index contributed by atoms with van der Waals surface area (Å²) in [5.41, 5.74) is 5.62. The van der Waals surface area contributed by atoms with Crippen LogP contribution in [0, 0.1) is 22.7 Å². The molecule has 2 nitrogen and oxygen atoms in total. The molecule has 4 fully saturated rings. The molecule has 0 spiro atoms. The minimum atomic E-state index is 0.365. The van der Waals surface area contributed by atoms with E-state index in [1.165, 1.54) is 44.1 Å². The summed E-state index contributed by atoms with van der Waals surface area (Å²) in [5, 5.41) is 4.47. The number of hydrazine groups is 1.